The highest BCUT2D eigenvalue weighted by Crippen LogP contribution is 2.20. The molecule has 0 spiro atoms. The second kappa shape index (κ2) is 16.8. The van der Waals surface area contributed by atoms with Crippen molar-refractivity contribution in [2.45, 2.75) is 116 Å². The molecule has 2 aliphatic rings. The van der Waals surface area contributed by atoms with E-state index in [0.717, 1.165) is 44.2 Å². The first kappa shape index (κ1) is 40.1. The van der Waals surface area contributed by atoms with Crippen LogP contribution in [0.2, 0.25) is 0 Å². The molecule has 52 heavy (non-hydrogen) atoms. The van der Waals surface area contributed by atoms with Gasteiger partial charge in [0.15, 0.2) is 0 Å². The number of nitrogens with one attached hydrogen (secondary N) is 4. The maximum absolute atomic E-state index is 13.1. The molecule has 1 aromatic heterocycles. The van der Waals surface area contributed by atoms with E-state index < -0.39 is 34.6 Å². The Morgan fingerprint density at radius 3 is 1.90 bits per heavy atom. The van der Waals surface area contributed by atoms with Crippen molar-refractivity contribution in [2.24, 2.45) is 0 Å². The molecular weight excluding hydrogens is 668 g/mol. The van der Waals surface area contributed by atoms with Crippen molar-refractivity contribution in [3.63, 3.8) is 0 Å². The lowest BCUT2D eigenvalue weighted by Gasteiger charge is -2.38. The summed E-state index contributed by atoms with van der Waals surface area (Å²) in [6.45, 7) is 16.0. The molecule has 4 rings (SSSR count). The topological polar surface area (TPSA) is 176 Å². The van der Waals surface area contributed by atoms with Crippen LogP contribution in [-0.2, 0) is 20.7 Å². The second-order valence-electron chi connectivity index (χ2n) is 16.0. The Kier molecular flexibility index (Phi) is 12.9. The number of urea groups is 1. The van der Waals surface area contributed by atoms with Gasteiger partial charge in [-0.3, -0.25) is 14.7 Å². The average Bonchev–Trinajstić information content (AvgIpc) is 3.04. The van der Waals surface area contributed by atoms with Gasteiger partial charge < -0.3 is 35.2 Å². The molecule has 1 aliphatic carbocycles. The van der Waals surface area contributed by atoms with E-state index in [9.17, 15) is 24.0 Å². The molecule has 2 aromatic rings. The van der Waals surface area contributed by atoms with E-state index in [0.29, 0.717) is 11.7 Å². The number of hydrogen-bond donors (Lipinski definition) is 4. The minimum Gasteiger partial charge on any atom is -0.444 e. The number of nitrogens with zero attached hydrogens (tertiary/aromatic N) is 4. The first-order valence-corrected chi connectivity index (χ1v) is 18.1. The van der Waals surface area contributed by atoms with Gasteiger partial charge in [0.2, 0.25) is 5.91 Å². The molecule has 0 bridgehead atoms. The summed E-state index contributed by atoms with van der Waals surface area (Å²) in [5, 5.41) is 11.9. The first-order chi connectivity index (χ1) is 24.3. The molecular formula is C37H56N8O7. The van der Waals surface area contributed by atoms with Gasteiger partial charge in [-0.1, -0.05) is 12.1 Å². The normalized spacial score (nSPS) is 18.3. The van der Waals surface area contributed by atoms with Crippen LogP contribution in [-0.4, -0.2) is 105 Å². The third-order valence-corrected chi connectivity index (χ3v) is 8.75. The van der Waals surface area contributed by atoms with Gasteiger partial charge in [-0.25, -0.2) is 19.2 Å². The van der Waals surface area contributed by atoms with Gasteiger partial charge >= 0.3 is 23.9 Å². The highest BCUT2D eigenvalue weighted by Gasteiger charge is 2.37. The molecule has 15 nitrogen and oxygen atoms in total. The van der Waals surface area contributed by atoms with Crippen molar-refractivity contribution in [1.29, 1.82) is 0 Å². The van der Waals surface area contributed by atoms with Crippen LogP contribution in [0.5, 0.6) is 0 Å². The van der Waals surface area contributed by atoms with Gasteiger partial charge in [0.25, 0.3) is 0 Å². The number of anilines is 1. The van der Waals surface area contributed by atoms with Gasteiger partial charge in [-0.05, 0) is 118 Å². The summed E-state index contributed by atoms with van der Waals surface area (Å²) in [4.78, 5) is 70.5. The summed E-state index contributed by atoms with van der Waals surface area (Å²) >= 11 is 0. The van der Waals surface area contributed by atoms with Crippen molar-refractivity contribution in [3.05, 3.63) is 52.6 Å². The number of carbonyl (C=O) groups excluding carboxylic acids is 4. The quantitative estimate of drug-likeness (QED) is 0.296. The fraction of sp³-hybridized carbons (Fsp3) is 0.622. The van der Waals surface area contributed by atoms with E-state index in [4.69, 9.17) is 9.47 Å². The summed E-state index contributed by atoms with van der Waals surface area (Å²) in [6, 6.07) is 9.40. The van der Waals surface area contributed by atoms with Crippen molar-refractivity contribution >= 4 is 29.9 Å². The molecule has 5 amide bonds. The number of amides is 5. The van der Waals surface area contributed by atoms with Crippen LogP contribution in [0, 0.1) is 0 Å². The third-order valence-electron chi connectivity index (χ3n) is 8.75. The molecule has 2 fully saturated rings. The maximum Gasteiger partial charge on any atom is 0.408 e. The van der Waals surface area contributed by atoms with Crippen molar-refractivity contribution in [2.75, 3.05) is 38.0 Å². The molecule has 1 saturated carbocycles. The lowest BCUT2D eigenvalue weighted by atomic mass is 9.91. The fourth-order valence-corrected chi connectivity index (χ4v) is 6.14. The SMILES string of the molecule is CC(C)(C)OC(=O)NC(C)(C)C(=O)N1CCN(C(=O)Nc2ccn(-c3ccc(CCN[C@H]4CC[C@@H](NC(=O)OC(C)(C)C)CC4)cc3)c(=O)n2)CC1. The molecule has 2 heterocycles. The van der Waals surface area contributed by atoms with Crippen LogP contribution in [0.4, 0.5) is 20.2 Å². The summed E-state index contributed by atoms with van der Waals surface area (Å²) in [5.74, 6) is -0.150. The highest BCUT2D eigenvalue weighted by atomic mass is 16.6. The Morgan fingerprint density at radius 2 is 1.33 bits per heavy atom. The van der Waals surface area contributed by atoms with Crippen LogP contribution in [0.3, 0.4) is 0 Å². The molecule has 0 radical (unpaired) electrons. The third kappa shape index (κ3) is 12.2. The number of benzene rings is 1. The lowest BCUT2D eigenvalue weighted by molar-refractivity contribution is -0.138. The number of aromatic nitrogens is 2. The standard InChI is InChI=1S/C37H56N8O7/c1-35(2,3)51-33(49)39-27-13-11-26(12-14-27)38-19-17-25-9-15-28(16-10-25)45-20-18-29(41-32(45)48)40-31(47)44-23-21-43(22-24-44)30(46)37(7,8)42-34(50)52-36(4,5)6/h9-10,15-16,18,20,26-27,38H,11-14,17,19,21-24H2,1-8H3,(H,39,49)(H,42,50)(H,40,41,47,48)/t26-,27+. The van der Waals surface area contributed by atoms with Crippen LogP contribution >= 0.6 is 0 Å². The zero-order chi connectivity index (χ0) is 38.3. The maximum atomic E-state index is 13.1. The monoisotopic (exact) mass is 724 g/mol. The van der Waals surface area contributed by atoms with Gasteiger partial charge in [0.1, 0.15) is 22.6 Å². The zero-order valence-corrected chi connectivity index (χ0v) is 31.8. The van der Waals surface area contributed by atoms with Crippen LogP contribution in [0.25, 0.3) is 5.69 Å². The van der Waals surface area contributed by atoms with Crippen LogP contribution in [0.15, 0.2) is 41.3 Å². The number of alkyl carbamates (subject to hydrolysis) is 2. The average molecular weight is 725 g/mol. The number of piperazine rings is 1. The highest BCUT2D eigenvalue weighted by molar-refractivity contribution is 5.90. The predicted octanol–water partition coefficient (Wildman–Crippen LogP) is 4.18. The second-order valence-corrected chi connectivity index (χ2v) is 16.0. The minimum absolute atomic E-state index is 0.129. The number of ether oxygens (including phenoxy) is 2. The minimum atomic E-state index is -1.19. The molecule has 1 saturated heterocycles. The molecule has 1 aromatic carbocycles. The van der Waals surface area contributed by atoms with Gasteiger partial charge in [0.05, 0.1) is 5.69 Å². The van der Waals surface area contributed by atoms with Gasteiger partial charge in [-0.2, -0.15) is 4.98 Å². The van der Waals surface area contributed by atoms with Crippen LogP contribution in [0.1, 0.15) is 86.6 Å². The summed E-state index contributed by atoms with van der Waals surface area (Å²) in [7, 11) is 0. The Balaban J connectivity index is 1.19. The molecule has 1 aliphatic heterocycles. The van der Waals surface area contributed by atoms with Crippen molar-refractivity contribution in [3.8, 4) is 5.69 Å². The van der Waals surface area contributed by atoms with E-state index in [-0.39, 0.29) is 50.0 Å². The van der Waals surface area contributed by atoms with Crippen molar-refractivity contribution in [1.82, 2.24) is 35.3 Å². The Morgan fingerprint density at radius 1 is 0.769 bits per heavy atom. The zero-order valence-electron chi connectivity index (χ0n) is 31.8. The van der Waals surface area contributed by atoms with E-state index in [1.54, 1.807) is 56.7 Å². The van der Waals surface area contributed by atoms with E-state index >= 15 is 0 Å². The van der Waals surface area contributed by atoms with Gasteiger partial charge in [-0.15, -0.1) is 0 Å². The number of rotatable bonds is 9. The molecule has 4 N–H and O–H groups in total. The first-order valence-electron chi connectivity index (χ1n) is 18.1. The smallest absolute Gasteiger partial charge is 0.408 e. The van der Waals surface area contributed by atoms with Crippen molar-refractivity contribution < 1.29 is 28.7 Å². The van der Waals surface area contributed by atoms with Crippen LogP contribution < -0.4 is 27.0 Å². The summed E-state index contributed by atoms with van der Waals surface area (Å²) < 4.78 is 12.1. The largest absolute Gasteiger partial charge is 0.444 e. The lowest BCUT2D eigenvalue weighted by Crippen LogP contribution is -2.60. The Hall–Kier alpha value is -4.66. The number of hydrogen-bond acceptors (Lipinski definition) is 9. The predicted molar refractivity (Wildman–Crippen MR) is 198 cm³/mol. The van der Waals surface area contributed by atoms with E-state index in [1.807, 2.05) is 45.0 Å². The van der Waals surface area contributed by atoms with Gasteiger partial charge in [0, 0.05) is 44.5 Å². The molecule has 0 unspecified atom stereocenters. The number of carbonyl (C=O) groups is 4. The molecule has 286 valence electrons. The molecule has 15 heteroatoms. The van der Waals surface area contributed by atoms with E-state index in [1.165, 1.54) is 4.57 Å². The summed E-state index contributed by atoms with van der Waals surface area (Å²) in [5.41, 5.74) is -1.13. The Labute approximate surface area is 306 Å². The Bertz CT molecular complexity index is 1610. The molecule has 0 atom stereocenters. The van der Waals surface area contributed by atoms with E-state index in [2.05, 4.69) is 26.3 Å². The fourth-order valence-electron chi connectivity index (χ4n) is 6.14. The summed E-state index contributed by atoms with van der Waals surface area (Å²) in [6.07, 6.45) is 5.16.